The molecule has 118 valence electrons. The van der Waals surface area contributed by atoms with Gasteiger partial charge in [0.25, 0.3) is 0 Å². The van der Waals surface area contributed by atoms with Crippen LogP contribution in [0.1, 0.15) is 33.1 Å². The van der Waals surface area contributed by atoms with E-state index in [1.54, 1.807) is 5.57 Å². The number of nitrogens with zero attached hydrogens (tertiary/aromatic N) is 1. The molecule has 0 bridgehead atoms. The van der Waals surface area contributed by atoms with Gasteiger partial charge in [-0.05, 0) is 54.7 Å². The molecule has 1 saturated heterocycles. The standard InChI is InChI=1S/C20H28N2/c1-14(2)12-22-8-7-15-11-20-17(10-18(15)13-22)9-16-5-3-4-6-19(16)21-20/h3-6,9,14-15,18-19,21H,7-8,10-13H2,1-2H3. The zero-order chi connectivity index (χ0) is 15.1. The van der Waals surface area contributed by atoms with E-state index in [9.17, 15) is 0 Å². The van der Waals surface area contributed by atoms with Gasteiger partial charge in [0.2, 0.25) is 0 Å². The zero-order valence-electron chi connectivity index (χ0n) is 13.9. The van der Waals surface area contributed by atoms with Gasteiger partial charge in [-0.3, -0.25) is 0 Å². The first kappa shape index (κ1) is 14.3. The molecule has 2 nitrogen and oxygen atoms in total. The van der Waals surface area contributed by atoms with Crippen molar-refractivity contribution in [2.24, 2.45) is 17.8 Å². The first-order chi connectivity index (χ1) is 10.7. The summed E-state index contributed by atoms with van der Waals surface area (Å²) in [4.78, 5) is 2.70. The first-order valence-corrected chi connectivity index (χ1v) is 8.96. The molecule has 2 heterocycles. The summed E-state index contributed by atoms with van der Waals surface area (Å²) in [6.07, 6.45) is 15.3. The number of dihydropyridines is 1. The van der Waals surface area contributed by atoms with Crippen molar-refractivity contribution in [3.8, 4) is 0 Å². The Labute approximate surface area is 134 Å². The number of hydrogen-bond donors (Lipinski definition) is 1. The molecule has 3 atom stereocenters. The summed E-state index contributed by atoms with van der Waals surface area (Å²) in [5.41, 5.74) is 4.56. The summed E-state index contributed by atoms with van der Waals surface area (Å²) in [7, 11) is 0. The summed E-state index contributed by atoms with van der Waals surface area (Å²) in [6, 6.07) is 0.418. The Morgan fingerprint density at radius 1 is 1.23 bits per heavy atom. The maximum absolute atomic E-state index is 3.79. The topological polar surface area (TPSA) is 15.3 Å². The molecular weight excluding hydrogens is 268 g/mol. The second-order valence-electron chi connectivity index (χ2n) is 7.88. The van der Waals surface area contributed by atoms with E-state index in [1.807, 2.05) is 0 Å². The fourth-order valence-corrected chi connectivity index (χ4v) is 4.65. The van der Waals surface area contributed by atoms with Gasteiger partial charge >= 0.3 is 0 Å². The van der Waals surface area contributed by atoms with E-state index >= 15 is 0 Å². The van der Waals surface area contributed by atoms with Gasteiger partial charge < -0.3 is 10.2 Å². The predicted molar refractivity (Wildman–Crippen MR) is 92.4 cm³/mol. The smallest absolute Gasteiger partial charge is 0.0698 e. The van der Waals surface area contributed by atoms with Gasteiger partial charge in [-0.1, -0.05) is 44.2 Å². The molecule has 0 aromatic rings. The van der Waals surface area contributed by atoms with E-state index in [-0.39, 0.29) is 0 Å². The van der Waals surface area contributed by atoms with Gasteiger partial charge in [0, 0.05) is 18.8 Å². The van der Waals surface area contributed by atoms with E-state index in [2.05, 4.69) is 54.4 Å². The maximum Gasteiger partial charge on any atom is 0.0698 e. The predicted octanol–water partition coefficient (Wildman–Crippen LogP) is 3.65. The van der Waals surface area contributed by atoms with E-state index < -0.39 is 0 Å². The van der Waals surface area contributed by atoms with Gasteiger partial charge in [-0.2, -0.15) is 0 Å². The average molecular weight is 296 g/mol. The molecule has 0 saturated carbocycles. The molecule has 2 aliphatic heterocycles. The number of hydrogen-bond acceptors (Lipinski definition) is 2. The Balaban J connectivity index is 1.50. The fraction of sp³-hybridized carbons (Fsp3) is 0.600. The molecule has 0 radical (unpaired) electrons. The molecule has 0 amide bonds. The Kier molecular flexibility index (Phi) is 3.73. The minimum atomic E-state index is 0.418. The van der Waals surface area contributed by atoms with Crippen molar-refractivity contribution in [2.45, 2.75) is 39.2 Å². The molecule has 4 rings (SSSR count). The third kappa shape index (κ3) is 2.69. The molecule has 3 unspecified atom stereocenters. The number of nitrogens with one attached hydrogen (secondary N) is 1. The van der Waals surface area contributed by atoms with Crippen LogP contribution in [0.15, 0.2) is 47.2 Å². The van der Waals surface area contributed by atoms with Crippen molar-refractivity contribution < 1.29 is 0 Å². The summed E-state index contributed by atoms with van der Waals surface area (Å²) >= 11 is 0. The lowest BCUT2D eigenvalue weighted by molar-refractivity contribution is 0.101. The number of piperidine rings is 1. The Bertz CT molecular complexity index is 564. The molecule has 4 aliphatic rings. The second kappa shape index (κ2) is 5.73. The minimum absolute atomic E-state index is 0.418. The lowest BCUT2D eigenvalue weighted by Gasteiger charge is -2.44. The van der Waals surface area contributed by atoms with Gasteiger partial charge in [-0.25, -0.2) is 0 Å². The number of rotatable bonds is 2. The van der Waals surface area contributed by atoms with E-state index in [4.69, 9.17) is 0 Å². The van der Waals surface area contributed by atoms with Crippen molar-refractivity contribution in [1.82, 2.24) is 10.2 Å². The average Bonchev–Trinajstić information content (AvgIpc) is 2.50. The third-order valence-electron chi connectivity index (χ3n) is 5.67. The molecule has 2 aliphatic carbocycles. The van der Waals surface area contributed by atoms with Gasteiger partial charge in [-0.15, -0.1) is 0 Å². The fourth-order valence-electron chi connectivity index (χ4n) is 4.65. The quantitative estimate of drug-likeness (QED) is 0.836. The van der Waals surface area contributed by atoms with Gasteiger partial charge in [0.1, 0.15) is 0 Å². The highest BCUT2D eigenvalue weighted by molar-refractivity contribution is 5.47. The highest BCUT2D eigenvalue weighted by Crippen LogP contribution is 2.41. The largest absolute Gasteiger partial charge is 0.378 e. The van der Waals surface area contributed by atoms with Crippen molar-refractivity contribution in [3.05, 3.63) is 47.2 Å². The summed E-state index contributed by atoms with van der Waals surface area (Å²) in [6.45, 7) is 8.55. The number of allylic oxidation sites excluding steroid dienone is 5. The highest BCUT2D eigenvalue weighted by Gasteiger charge is 2.36. The van der Waals surface area contributed by atoms with Crippen molar-refractivity contribution in [3.63, 3.8) is 0 Å². The number of likely N-dealkylation sites (tertiary alicyclic amines) is 1. The van der Waals surface area contributed by atoms with Gasteiger partial charge in [0.15, 0.2) is 0 Å². The molecule has 0 spiro atoms. The Hall–Kier alpha value is -1.28. The van der Waals surface area contributed by atoms with Crippen molar-refractivity contribution >= 4 is 0 Å². The van der Waals surface area contributed by atoms with Crippen LogP contribution < -0.4 is 5.32 Å². The lowest BCUT2D eigenvalue weighted by Crippen LogP contribution is -2.45. The third-order valence-corrected chi connectivity index (χ3v) is 5.67. The maximum atomic E-state index is 3.79. The molecule has 2 heteroatoms. The second-order valence-corrected chi connectivity index (χ2v) is 7.88. The zero-order valence-corrected chi connectivity index (χ0v) is 13.9. The van der Waals surface area contributed by atoms with Crippen LogP contribution >= 0.6 is 0 Å². The monoisotopic (exact) mass is 296 g/mol. The van der Waals surface area contributed by atoms with Crippen LogP contribution in [0.25, 0.3) is 0 Å². The number of fused-ring (bicyclic) bond motifs is 2. The molecule has 1 N–H and O–H groups in total. The van der Waals surface area contributed by atoms with Crippen LogP contribution in [-0.4, -0.2) is 30.6 Å². The SMILES string of the molecule is CC(C)CN1CCC2CC3=C(C=C4C=CC=CC4N3)CC2C1. The van der Waals surface area contributed by atoms with Crippen LogP contribution in [0.2, 0.25) is 0 Å². The molecule has 22 heavy (non-hydrogen) atoms. The van der Waals surface area contributed by atoms with E-state index in [0.29, 0.717) is 6.04 Å². The summed E-state index contributed by atoms with van der Waals surface area (Å²) < 4.78 is 0. The molecule has 0 aromatic heterocycles. The van der Waals surface area contributed by atoms with Crippen LogP contribution in [0.4, 0.5) is 0 Å². The lowest BCUT2D eigenvalue weighted by atomic mass is 9.72. The molecule has 0 aromatic carbocycles. The first-order valence-electron chi connectivity index (χ1n) is 8.96. The van der Waals surface area contributed by atoms with Crippen LogP contribution in [-0.2, 0) is 0 Å². The van der Waals surface area contributed by atoms with Crippen LogP contribution in [0.3, 0.4) is 0 Å². The van der Waals surface area contributed by atoms with Gasteiger partial charge in [0.05, 0.1) is 6.04 Å². The molecular formula is C20H28N2. The Morgan fingerprint density at radius 3 is 3.00 bits per heavy atom. The van der Waals surface area contributed by atoms with Crippen molar-refractivity contribution in [1.29, 1.82) is 0 Å². The van der Waals surface area contributed by atoms with Crippen LogP contribution in [0, 0.1) is 17.8 Å². The highest BCUT2D eigenvalue weighted by atomic mass is 15.1. The van der Waals surface area contributed by atoms with Crippen molar-refractivity contribution in [2.75, 3.05) is 19.6 Å². The molecule has 1 fully saturated rings. The van der Waals surface area contributed by atoms with Crippen LogP contribution in [0.5, 0.6) is 0 Å². The van der Waals surface area contributed by atoms with E-state index in [1.165, 1.54) is 50.2 Å². The van der Waals surface area contributed by atoms with E-state index in [0.717, 1.165) is 17.8 Å². The minimum Gasteiger partial charge on any atom is -0.378 e. The summed E-state index contributed by atoms with van der Waals surface area (Å²) in [5, 5.41) is 3.79. The Morgan fingerprint density at radius 2 is 2.14 bits per heavy atom. The summed E-state index contributed by atoms with van der Waals surface area (Å²) in [5.74, 6) is 2.55. The normalized spacial score (nSPS) is 34.0.